The Morgan fingerprint density at radius 1 is 1.19 bits per heavy atom. The number of aryl methyl sites for hydroxylation is 3. The average Bonchev–Trinajstić information content (AvgIpc) is 2.79. The van der Waals surface area contributed by atoms with Crippen molar-refractivity contribution in [3.05, 3.63) is 41.1 Å². The summed E-state index contributed by atoms with van der Waals surface area (Å²) in [6.45, 7) is 1.88. The highest BCUT2D eigenvalue weighted by atomic mass is 16.5. The molecule has 2 aromatic rings. The van der Waals surface area contributed by atoms with Crippen LogP contribution in [0.5, 0.6) is 11.6 Å². The topological polar surface area (TPSA) is 56.5 Å². The smallest absolute Gasteiger partial charge is 0.217 e. The first-order valence-corrected chi connectivity index (χ1v) is 6.95. The Morgan fingerprint density at radius 2 is 1.86 bits per heavy atom. The van der Waals surface area contributed by atoms with E-state index in [4.69, 9.17) is 9.47 Å². The van der Waals surface area contributed by atoms with Gasteiger partial charge in [0.05, 0.1) is 31.6 Å². The van der Waals surface area contributed by atoms with Crippen LogP contribution < -0.4 is 9.47 Å². The second-order valence-electron chi connectivity index (χ2n) is 5.03. The zero-order valence-corrected chi connectivity index (χ0v) is 13.0. The minimum Gasteiger partial charge on any atom is -0.497 e. The predicted octanol–water partition coefficient (Wildman–Crippen LogP) is 2.41. The Bertz CT molecular complexity index is 590. The fourth-order valence-electron chi connectivity index (χ4n) is 2.52. The SMILES string of the molecule is COc1ccc(CCC(O)c2c(C)nn(C)c2OC)cc1. The molecule has 1 heterocycles. The van der Waals surface area contributed by atoms with Gasteiger partial charge in [-0.15, -0.1) is 0 Å². The fourth-order valence-corrected chi connectivity index (χ4v) is 2.52. The molecule has 0 saturated carbocycles. The van der Waals surface area contributed by atoms with Gasteiger partial charge in [-0.1, -0.05) is 12.1 Å². The summed E-state index contributed by atoms with van der Waals surface area (Å²) in [4.78, 5) is 0. The van der Waals surface area contributed by atoms with Crippen LogP contribution in [0.15, 0.2) is 24.3 Å². The summed E-state index contributed by atoms with van der Waals surface area (Å²) < 4.78 is 12.1. The van der Waals surface area contributed by atoms with Gasteiger partial charge in [0.2, 0.25) is 5.88 Å². The number of benzene rings is 1. The molecule has 0 radical (unpaired) electrons. The lowest BCUT2D eigenvalue weighted by Gasteiger charge is -2.12. The minimum absolute atomic E-state index is 0.587. The van der Waals surface area contributed by atoms with Crippen LogP contribution in [-0.4, -0.2) is 29.1 Å². The Labute approximate surface area is 125 Å². The Kier molecular flexibility index (Phi) is 4.85. The highest BCUT2D eigenvalue weighted by Gasteiger charge is 2.21. The maximum atomic E-state index is 10.4. The highest BCUT2D eigenvalue weighted by molar-refractivity contribution is 5.33. The molecule has 0 bridgehead atoms. The van der Waals surface area contributed by atoms with Gasteiger partial charge in [-0.3, -0.25) is 0 Å². The number of aliphatic hydroxyl groups is 1. The van der Waals surface area contributed by atoms with Crippen LogP contribution in [0.4, 0.5) is 0 Å². The second-order valence-corrected chi connectivity index (χ2v) is 5.03. The molecule has 5 nitrogen and oxygen atoms in total. The van der Waals surface area contributed by atoms with Crippen LogP contribution in [0.1, 0.15) is 29.3 Å². The van der Waals surface area contributed by atoms with E-state index in [9.17, 15) is 5.11 Å². The molecule has 0 aliphatic rings. The van der Waals surface area contributed by atoms with E-state index in [1.54, 1.807) is 18.9 Å². The summed E-state index contributed by atoms with van der Waals surface area (Å²) in [6.07, 6.45) is 0.813. The molecule has 1 unspecified atom stereocenters. The zero-order valence-electron chi connectivity index (χ0n) is 13.0. The van der Waals surface area contributed by atoms with E-state index in [0.717, 1.165) is 29.0 Å². The summed E-state index contributed by atoms with van der Waals surface area (Å²) in [5.74, 6) is 1.46. The molecule has 0 aliphatic carbocycles. The summed E-state index contributed by atoms with van der Waals surface area (Å²) in [5, 5.41) is 14.7. The number of methoxy groups -OCH3 is 2. The molecule has 0 aliphatic heterocycles. The Balaban J connectivity index is 2.06. The molecule has 2 rings (SSSR count). The van der Waals surface area contributed by atoms with Crippen molar-refractivity contribution in [2.24, 2.45) is 7.05 Å². The predicted molar refractivity (Wildman–Crippen MR) is 80.8 cm³/mol. The van der Waals surface area contributed by atoms with Crippen molar-refractivity contribution in [1.82, 2.24) is 9.78 Å². The molecular formula is C16H22N2O3. The van der Waals surface area contributed by atoms with E-state index >= 15 is 0 Å². The molecule has 21 heavy (non-hydrogen) atoms. The van der Waals surface area contributed by atoms with Crippen LogP contribution in [0.2, 0.25) is 0 Å². The molecule has 5 heteroatoms. The first-order chi connectivity index (χ1) is 10.1. The summed E-state index contributed by atoms with van der Waals surface area (Å²) in [6, 6.07) is 7.88. The van der Waals surface area contributed by atoms with Crippen LogP contribution in [-0.2, 0) is 13.5 Å². The molecule has 1 N–H and O–H groups in total. The standard InChI is InChI=1S/C16H22N2O3/c1-11-15(16(21-4)18(2)17-11)14(19)10-7-12-5-8-13(20-3)9-6-12/h5-6,8-9,14,19H,7,10H2,1-4H3. The number of ether oxygens (including phenoxy) is 2. The van der Waals surface area contributed by atoms with Crippen molar-refractivity contribution in [1.29, 1.82) is 0 Å². The number of hydrogen-bond donors (Lipinski definition) is 1. The van der Waals surface area contributed by atoms with Crippen molar-refractivity contribution in [2.75, 3.05) is 14.2 Å². The second kappa shape index (κ2) is 6.63. The maximum Gasteiger partial charge on any atom is 0.217 e. The lowest BCUT2D eigenvalue weighted by molar-refractivity contribution is 0.162. The first kappa shape index (κ1) is 15.4. The van der Waals surface area contributed by atoms with Gasteiger partial charge < -0.3 is 14.6 Å². The van der Waals surface area contributed by atoms with E-state index < -0.39 is 6.10 Å². The van der Waals surface area contributed by atoms with E-state index in [-0.39, 0.29) is 0 Å². The van der Waals surface area contributed by atoms with Crippen LogP contribution in [0.25, 0.3) is 0 Å². The molecule has 1 aromatic heterocycles. The highest BCUT2D eigenvalue weighted by Crippen LogP contribution is 2.30. The van der Waals surface area contributed by atoms with Crippen molar-refractivity contribution in [3.8, 4) is 11.6 Å². The molecular weight excluding hydrogens is 268 g/mol. The number of aromatic nitrogens is 2. The summed E-state index contributed by atoms with van der Waals surface area (Å²) >= 11 is 0. The molecule has 0 amide bonds. The van der Waals surface area contributed by atoms with E-state index in [1.165, 1.54) is 0 Å². The van der Waals surface area contributed by atoms with Gasteiger partial charge in [-0.2, -0.15) is 5.10 Å². The van der Waals surface area contributed by atoms with Crippen LogP contribution in [0.3, 0.4) is 0 Å². The quantitative estimate of drug-likeness (QED) is 0.887. The largest absolute Gasteiger partial charge is 0.497 e. The lowest BCUT2D eigenvalue weighted by atomic mass is 10.0. The van der Waals surface area contributed by atoms with Gasteiger partial charge in [0, 0.05) is 7.05 Å². The van der Waals surface area contributed by atoms with Gasteiger partial charge in [0.1, 0.15) is 5.75 Å². The number of rotatable bonds is 6. The number of hydrogen-bond acceptors (Lipinski definition) is 4. The van der Waals surface area contributed by atoms with Crippen molar-refractivity contribution < 1.29 is 14.6 Å². The van der Waals surface area contributed by atoms with E-state index in [2.05, 4.69) is 5.10 Å². The lowest BCUT2D eigenvalue weighted by Crippen LogP contribution is -2.03. The Morgan fingerprint density at radius 3 is 2.43 bits per heavy atom. The van der Waals surface area contributed by atoms with Gasteiger partial charge in [-0.05, 0) is 37.5 Å². The van der Waals surface area contributed by atoms with Crippen molar-refractivity contribution >= 4 is 0 Å². The van der Waals surface area contributed by atoms with Gasteiger partial charge >= 0.3 is 0 Å². The maximum absolute atomic E-state index is 10.4. The van der Waals surface area contributed by atoms with Crippen LogP contribution >= 0.6 is 0 Å². The summed E-state index contributed by atoms with van der Waals surface area (Å²) in [5.41, 5.74) is 2.74. The van der Waals surface area contributed by atoms with Crippen molar-refractivity contribution in [3.63, 3.8) is 0 Å². The molecule has 0 saturated heterocycles. The van der Waals surface area contributed by atoms with Gasteiger partial charge in [0.25, 0.3) is 0 Å². The number of nitrogens with zero attached hydrogens (tertiary/aromatic N) is 2. The monoisotopic (exact) mass is 290 g/mol. The third-order valence-corrected chi connectivity index (χ3v) is 3.61. The van der Waals surface area contributed by atoms with E-state index in [0.29, 0.717) is 12.3 Å². The molecule has 0 spiro atoms. The van der Waals surface area contributed by atoms with E-state index in [1.807, 2.05) is 38.2 Å². The normalized spacial score (nSPS) is 12.2. The zero-order chi connectivity index (χ0) is 15.4. The van der Waals surface area contributed by atoms with Gasteiger partial charge in [-0.25, -0.2) is 4.68 Å². The minimum atomic E-state index is -0.587. The molecule has 0 fully saturated rings. The third kappa shape index (κ3) is 3.36. The molecule has 114 valence electrons. The fraction of sp³-hybridized carbons (Fsp3) is 0.438. The Hall–Kier alpha value is -2.01. The molecule has 1 aromatic carbocycles. The van der Waals surface area contributed by atoms with Crippen molar-refractivity contribution in [2.45, 2.75) is 25.9 Å². The number of aliphatic hydroxyl groups excluding tert-OH is 1. The molecule has 1 atom stereocenters. The van der Waals surface area contributed by atoms with Gasteiger partial charge in [0.15, 0.2) is 0 Å². The third-order valence-electron chi connectivity index (χ3n) is 3.61. The first-order valence-electron chi connectivity index (χ1n) is 6.95. The summed E-state index contributed by atoms with van der Waals surface area (Å²) in [7, 11) is 5.05. The average molecular weight is 290 g/mol. The van der Waals surface area contributed by atoms with Crippen LogP contribution in [0, 0.1) is 6.92 Å².